The molecule has 1 atom stereocenters. The second-order valence-corrected chi connectivity index (χ2v) is 7.25. The van der Waals surface area contributed by atoms with Crippen LogP contribution in [-0.2, 0) is 11.3 Å². The number of nitrogens with one attached hydrogen (secondary N) is 1. The zero-order chi connectivity index (χ0) is 18.5. The lowest BCUT2D eigenvalue weighted by Gasteiger charge is -2.16. The third-order valence-corrected chi connectivity index (χ3v) is 5.10. The first-order valence-corrected chi connectivity index (χ1v) is 9.46. The Morgan fingerprint density at radius 2 is 1.85 bits per heavy atom. The summed E-state index contributed by atoms with van der Waals surface area (Å²) in [5.74, 6) is -0.0637. The van der Waals surface area contributed by atoms with Gasteiger partial charge in [-0.25, -0.2) is 4.98 Å². The fourth-order valence-electron chi connectivity index (χ4n) is 2.67. The fourth-order valence-corrected chi connectivity index (χ4v) is 3.60. The topological polar surface area (TPSA) is 64.0 Å². The Hall–Kier alpha value is -2.60. The third-order valence-electron chi connectivity index (χ3n) is 4.01. The van der Waals surface area contributed by atoms with E-state index in [0.717, 1.165) is 5.56 Å². The number of amides is 1. The van der Waals surface area contributed by atoms with Gasteiger partial charge in [-0.3, -0.25) is 14.2 Å². The number of hydrogen-bond acceptors (Lipinski definition) is 4. The van der Waals surface area contributed by atoms with Crippen molar-refractivity contribution in [2.24, 2.45) is 0 Å². The molecular formula is C20H21N3O2S. The van der Waals surface area contributed by atoms with Crippen molar-refractivity contribution in [3.8, 4) is 0 Å². The van der Waals surface area contributed by atoms with Crippen molar-refractivity contribution in [2.45, 2.75) is 30.8 Å². The van der Waals surface area contributed by atoms with Crippen molar-refractivity contribution in [3.05, 3.63) is 70.5 Å². The Kier molecular flexibility index (Phi) is 5.73. The van der Waals surface area contributed by atoms with Gasteiger partial charge in [0, 0.05) is 6.54 Å². The highest BCUT2D eigenvalue weighted by atomic mass is 32.2. The SMILES string of the molecule is CCNC(=O)[C@H](C)Sc1nc2ccccc2c(=O)n1Cc1ccccc1. The highest BCUT2D eigenvalue weighted by molar-refractivity contribution is 8.00. The van der Waals surface area contributed by atoms with E-state index in [1.165, 1.54) is 11.8 Å². The maximum absolute atomic E-state index is 13.0. The Morgan fingerprint density at radius 3 is 2.58 bits per heavy atom. The van der Waals surface area contributed by atoms with Crippen LogP contribution in [0.15, 0.2) is 64.5 Å². The molecule has 3 aromatic rings. The van der Waals surface area contributed by atoms with Crippen LogP contribution in [0.2, 0.25) is 0 Å². The molecule has 0 saturated carbocycles. The molecule has 1 amide bonds. The highest BCUT2D eigenvalue weighted by Gasteiger charge is 2.19. The molecule has 2 aromatic carbocycles. The number of nitrogens with zero attached hydrogens (tertiary/aromatic N) is 2. The van der Waals surface area contributed by atoms with Gasteiger partial charge in [0.25, 0.3) is 5.56 Å². The molecule has 3 rings (SSSR count). The van der Waals surface area contributed by atoms with E-state index in [9.17, 15) is 9.59 Å². The first kappa shape index (κ1) is 18.2. The molecule has 0 aliphatic carbocycles. The van der Waals surface area contributed by atoms with E-state index in [-0.39, 0.29) is 16.7 Å². The standard InChI is InChI=1S/C20H21N3O2S/c1-3-21-18(24)14(2)26-20-22-17-12-8-7-11-16(17)19(25)23(20)13-15-9-5-4-6-10-15/h4-12,14H,3,13H2,1-2H3,(H,21,24)/t14-/m0/s1. The van der Waals surface area contributed by atoms with E-state index in [1.54, 1.807) is 10.6 Å². The van der Waals surface area contributed by atoms with E-state index in [2.05, 4.69) is 10.3 Å². The van der Waals surface area contributed by atoms with Crippen molar-refractivity contribution in [1.82, 2.24) is 14.9 Å². The minimum Gasteiger partial charge on any atom is -0.355 e. The zero-order valence-electron chi connectivity index (χ0n) is 14.8. The summed E-state index contributed by atoms with van der Waals surface area (Å²) >= 11 is 1.31. The number of para-hydroxylation sites is 1. The highest BCUT2D eigenvalue weighted by Crippen LogP contribution is 2.23. The summed E-state index contributed by atoms with van der Waals surface area (Å²) in [6.45, 7) is 4.70. The van der Waals surface area contributed by atoms with Crippen LogP contribution in [0.4, 0.5) is 0 Å². The number of thioether (sulfide) groups is 1. The summed E-state index contributed by atoms with van der Waals surface area (Å²) in [5.41, 5.74) is 1.57. The van der Waals surface area contributed by atoms with Crippen LogP contribution < -0.4 is 10.9 Å². The molecule has 5 nitrogen and oxygen atoms in total. The summed E-state index contributed by atoms with van der Waals surface area (Å²) in [6.07, 6.45) is 0. The van der Waals surface area contributed by atoms with E-state index in [4.69, 9.17) is 0 Å². The number of carbonyl (C=O) groups is 1. The van der Waals surface area contributed by atoms with Crippen molar-refractivity contribution in [2.75, 3.05) is 6.54 Å². The van der Waals surface area contributed by atoms with Gasteiger partial charge in [0.2, 0.25) is 5.91 Å². The zero-order valence-corrected chi connectivity index (χ0v) is 15.6. The van der Waals surface area contributed by atoms with Gasteiger partial charge < -0.3 is 5.32 Å². The quantitative estimate of drug-likeness (QED) is 0.537. The third kappa shape index (κ3) is 3.96. The lowest BCUT2D eigenvalue weighted by atomic mass is 10.2. The van der Waals surface area contributed by atoms with Gasteiger partial charge in [-0.1, -0.05) is 54.2 Å². The van der Waals surface area contributed by atoms with Crippen molar-refractivity contribution in [1.29, 1.82) is 0 Å². The van der Waals surface area contributed by atoms with E-state index < -0.39 is 0 Å². The summed E-state index contributed by atoms with van der Waals surface area (Å²) in [7, 11) is 0. The Morgan fingerprint density at radius 1 is 1.15 bits per heavy atom. The number of carbonyl (C=O) groups excluding carboxylic acids is 1. The fraction of sp³-hybridized carbons (Fsp3) is 0.250. The molecule has 0 fully saturated rings. The van der Waals surface area contributed by atoms with Gasteiger partial charge in [-0.2, -0.15) is 0 Å². The first-order valence-electron chi connectivity index (χ1n) is 8.58. The second-order valence-electron chi connectivity index (χ2n) is 5.94. The number of rotatable bonds is 6. The maximum atomic E-state index is 13.0. The number of benzene rings is 2. The Bertz CT molecular complexity index is 970. The second kappa shape index (κ2) is 8.19. The van der Waals surface area contributed by atoms with Crippen molar-refractivity contribution in [3.63, 3.8) is 0 Å². The van der Waals surface area contributed by atoms with E-state index in [1.807, 2.05) is 62.4 Å². The minimum absolute atomic E-state index is 0.0637. The van der Waals surface area contributed by atoms with Gasteiger partial charge >= 0.3 is 0 Å². The molecule has 1 N–H and O–H groups in total. The van der Waals surface area contributed by atoms with Crippen LogP contribution in [0.25, 0.3) is 10.9 Å². The molecular weight excluding hydrogens is 346 g/mol. The number of aromatic nitrogens is 2. The molecule has 0 aliphatic heterocycles. The van der Waals surface area contributed by atoms with Crippen molar-refractivity contribution >= 4 is 28.6 Å². The molecule has 0 spiro atoms. The van der Waals surface area contributed by atoms with Crippen LogP contribution in [-0.4, -0.2) is 27.3 Å². The molecule has 1 aromatic heterocycles. The number of fused-ring (bicyclic) bond motifs is 1. The molecule has 0 bridgehead atoms. The molecule has 26 heavy (non-hydrogen) atoms. The Balaban J connectivity index is 2.05. The molecule has 0 aliphatic rings. The van der Waals surface area contributed by atoms with Crippen LogP contribution in [0.1, 0.15) is 19.4 Å². The predicted octanol–water partition coefficient (Wildman–Crippen LogP) is 3.06. The summed E-state index contributed by atoms with van der Waals surface area (Å²) in [5, 5.41) is 3.60. The van der Waals surface area contributed by atoms with Gasteiger partial charge in [0.15, 0.2) is 5.16 Å². The molecule has 6 heteroatoms. The van der Waals surface area contributed by atoms with Crippen molar-refractivity contribution < 1.29 is 4.79 Å². The Labute approximate surface area is 156 Å². The van der Waals surface area contributed by atoms with Gasteiger partial charge in [-0.15, -0.1) is 0 Å². The van der Waals surface area contributed by atoms with Crippen LogP contribution in [0, 0.1) is 0 Å². The monoisotopic (exact) mass is 367 g/mol. The maximum Gasteiger partial charge on any atom is 0.262 e. The van der Waals surface area contributed by atoms with Crippen LogP contribution in [0.5, 0.6) is 0 Å². The lowest BCUT2D eigenvalue weighted by Crippen LogP contribution is -2.32. The lowest BCUT2D eigenvalue weighted by molar-refractivity contribution is -0.120. The molecule has 0 radical (unpaired) electrons. The number of hydrogen-bond donors (Lipinski definition) is 1. The summed E-state index contributed by atoms with van der Waals surface area (Å²) in [4.78, 5) is 29.8. The first-order chi connectivity index (χ1) is 12.6. The molecule has 134 valence electrons. The minimum atomic E-state index is -0.343. The summed E-state index contributed by atoms with van der Waals surface area (Å²) < 4.78 is 1.65. The molecule has 1 heterocycles. The summed E-state index contributed by atoms with van der Waals surface area (Å²) in [6, 6.07) is 17.1. The molecule has 0 unspecified atom stereocenters. The van der Waals surface area contributed by atoms with Crippen LogP contribution >= 0.6 is 11.8 Å². The smallest absolute Gasteiger partial charge is 0.262 e. The van der Waals surface area contributed by atoms with Crippen LogP contribution in [0.3, 0.4) is 0 Å². The normalized spacial score (nSPS) is 12.1. The van der Waals surface area contributed by atoms with Gasteiger partial charge in [0.05, 0.1) is 22.7 Å². The van der Waals surface area contributed by atoms with Gasteiger partial charge in [-0.05, 0) is 31.5 Å². The predicted molar refractivity (Wildman–Crippen MR) is 106 cm³/mol. The average Bonchev–Trinajstić information content (AvgIpc) is 2.66. The van der Waals surface area contributed by atoms with E-state index >= 15 is 0 Å². The van der Waals surface area contributed by atoms with E-state index in [0.29, 0.717) is 29.1 Å². The van der Waals surface area contributed by atoms with Gasteiger partial charge in [0.1, 0.15) is 0 Å². The average molecular weight is 367 g/mol. The largest absolute Gasteiger partial charge is 0.355 e. The molecule has 0 saturated heterocycles.